The zero-order valence-electron chi connectivity index (χ0n) is 16.4. The molecule has 28 heavy (non-hydrogen) atoms. The van der Waals surface area contributed by atoms with E-state index in [0.717, 1.165) is 5.75 Å². The van der Waals surface area contributed by atoms with E-state index >= 15 is 0 Å². The molecule has 2 aromatic rings. The highest BCUT2D eigenvalue weighted by molar-refractivity contribution is 7.99. The van der Waals surface area contributed by atoms with E-state index in [0.29, 0.717) is 43.3 Å². The van der Waals surface area contributed by atoms with Crippen LogP contribution in [0.4, 0.5) is 5.69 Å². The minimum absolute atomic E-state index is 0.0675. The Hall–Kier alpha value is -2.31. The van der Waals surface area contributed by atoms with E-state index in [1.165, 1.54) is 16.7 Å². The minimum Gasteiger partial charge on any atom is -0.378 e. The molecule has 3 rings (SSSR count). The van der Waals surface area contributed by atoms with Crippen molar-refractivity contribution in [2.45, 2.75) is 19.6 Å². The number of nitrogens with one attached hydrogen (secondary N) is 1. The molecule has 1 aliphatic rings. The van der Waals surface area contributed by atoms with Crippen LogP contribution in [0.3, 0.4) is 0 Å². The van der Waals surface area contributed by atoms with Crippen molar-refractivity contribution in [2.24, 2.45) is 0 Å². The molecule has 1 N–H and O–H groups in total. The Kier molecular flexibility index (Phi) is 7.12. The van der Waals surface area contributed by atoms with Gasteiger partial charge in [0, 0.05) is 18.8 Å². The molecular weight excluding hydrogens is 372 g/mol. The third-order valence-electron chi connectivity index (χ3n) is 4.51. The van der Waals surface area contributed by atoms with Crippen molar-refractivity contribution in [3.63, 3.8) is 0 Å². The summed E-state index contributed by atoms with van der Waals surface area (Å²) in [6, 6.07) is 13.6. The number of benzene rings is 2. The third kappa shape index (κ3) is 5.59. The van der Waals surface area contributed by atoms with Crippen molar-refractivity contribution in [1.29, 1.82) is 0 Å². The molecule has 0 radical (unpaired) electrons. The molecule has 1 heterocycles. The summed E-state index contributed by atoms with van der Waals surface area (Å²) in [5, 5.41) is 2.90. The summed E-state index contributed by atoms with van der Waals surface area (Å²) < 4.78 is 5.31. The lowest BCUT2D eigenvalue weighted by Crippen LogP contribution is -2.41. The predicted octanol–water partition coefficient (Wildman–Crippen LogP) is 3.65. The molecule has 148 valence electrons. The van der Waals surface area contributed by atoms with Crippen LogP contribution >= 0.6 is 11.8 Å². The Morgan fingerprint density at radius 1 is 1.07 bits per heavy atom. The number of para-hydroxylation sites is 1. The smallest absolute Gasteiger partial charge is 0.256 e. The second-order valence-corrected chi connectivity index (χ2v) is 7.97. The normalized spacial score (nSPS) is 14.0. The number of thioether (sulfide) groups is 1. The first-order valence-corrected chi connectivity index (χ1v) is 10.6. The number of nitrogens with zero attached hydrogens (tertiary/aromatic N) is 1. The summed E-state index contributed by atoms with van der Waals surface area (Å²) in [6.07, 6.45) is 0. The topological polar surface area (TPSA) is 58.6 Å². The number of carbonyl (C=O) groups excluding carboxylic acids is 2. The molecule has 6 heteroatoms. The molecule has 0 aliphatic carbocycles. The maximum absolute atomic E-state index is 12.8. The van der Waals surface area contributed by atoms with Crippen molar-refractivity contribution in [3.8, 4) is 0 Å². The summed E-state index contributed by atoms with van der Waals surface area (Å²) in [7, 11) is 0. The van der Waals surface area contributed by atoms with Gasteiger partial charge in [0.1, 0.15) is 0 Å². The highest BCUT2D eigenvalue weighted by Crippen LogP contribution is 2.20. The Morgan fingerprint density at radius 2 is 1.75 bits per heavy atom. The second kappa shape index (κ2) is 9.75. The number of hydrogen-bond acceptors (Lipinski definition) is 4. The molecule has 2 aromatic carbocycles. The lowest BCUT2D eigenvalue weighted by atomic mass is 10.1. The monoisotopic (exact) mass is 398 g/mol. The van der Waals surface area contributed by atoms with E-state index in [1.54, 1.807) is 28.8 Å². The zero-order chi connectivity index (χ0) is 19.9. The van der Waals surface area contributed by atoms with Crippen molar-refractivity contribution in [3.05, 3.63) is 64.7 Å². The number of hydrogen-bond donors (Lipinski definition) is 1. The standard InChI is InChI=1S/C22H26N2O3S/c1-16-11-17(2)13-18(12-16)14-28-15-21(25)23-20-6-4-3-5-19(20)22(26)24-7-9-27-10-8-24/h3-6,11-13H,7-10,14-15H2,1-2H3,(H,23,25). The van der Waals surface area contributed by atoms with E-state index in [-0.39, 0.29) is 11.8 Å². The maximum atomic E-state index is 12.8. The van der Waals surface area contributed by atoms with Crippen LogP contribution in [0.15, 0.2) is 42.5 Å². The van der Waals surface area contributed by atoms with Gasteiger partial charge in [-0.05, 0) is 31.5 Å². The van der Waals surface area contributed by atoms with Crippen LogP contribution in [-0.4, -0.2) is 48.8 Å². The van der Waals surface area contributed by atoms with Gasteiger partial charge >= 0.3 is 0 Å². The number of aryl methyl sites for hydroxylation is 2. The highest BCUT2D eigenvalue weighted by Gasteiger charge is 2.21. The molecule has 0 unspecified atom stereocenters. The first-order valence-electron chi connectivity index (χ1n) is 9.44. The molecule has 1 fully saturated rings. The van der Waals surface area contributed by atoms with Crippen LogP contribution < -0.4 is 5.32 Å². The van der Waals surface area contributed by atoms with Gasteiger partial charge in [-0.2, -0.15) is 0 Å². The minimum atomic E-state index is -0.100. The summed E-state index contributed by atoms with van der Waals surface area (Å²) in [5.74, 6) is 0.955. The zero-order valence-corrected chi connectivity index (χ0v) is 17.2. The average Bonchev–Trinajstić information content (AvgIpc) is 2.68. The van der Waals surface area contributed by atoms with Gasteiger partial charge < -0.3 is 15.0 Å². The summed E-state index contributed by atoms with van der Waals surface area (Å²) in [6.45, 7) is 6.41. The average molecular weight is 399 g/mol. The van der Waals surface area contributed by atoms with Crippen LogP contribution in [0.1, 0.15) is 27.0 Å². The van der Waals surface area contributed by atoms with E-state index in [1.807, 2.05) is 12.1 Å². The van der Waals surface area contributed by atoms with Crippen LogP contribution in [0.25, 0.3) is 0 Å². The number of morpholine rings is 1. The van der Waals surface area contributed by atoms with Crippen LogP contribution in [0, 0.1) is 13.8 Å². The molecule has 0 atom stereocenters. The fourth-order valence-corrected chi connectivity index (χ4v) is 4.08. The number of anilines is 1. The highest BCUT2D eigenvalue weighted by atomic mass is 32.2. The summed E-state index contributed by atoms with van der Waals surface area (Å²) in [5.41, 5.74) is 4.78. The molecule has 0 spiro atoms. The van der Waals surface area contributed by atoms with E-state index in [4.69, 9.17) is 4.74 Å². The molecule has 0 bridgehead atoms. The lowest BCUT2D eigenvalue weighted by molar-refractivity contribution is -0.113. The van der Waals surface area contributed by atoms with Gasteiger partial charge in [0.25, 0.3) is 5.91 Å². The second-order valence-electron chi connectivity index (χ2n) is 6.99. The first-order chi connectivity index (χ1) is 13.5. The molecular formula is C22H26N2O3S. The molecule has 0 aromatic heterocycles. The van der Waals surface area contributed by atoms with Crippen LogP contribution in [0.5, 0.6) is 0 Å². The molecule has 1 aliphatic heterocycles. The van der Waals surface area contributed by atoms with E-state index in [9.17, 15) is 9.59 Å². The largest absolute Gasteiger partial charge is 0.378 e. The van der Waals surface area contributed by atoms with Gasteiger partial charge in [-0.3, -0.25) is 9.59 Å². The van der Waals surface area contributed by atoms with E-state index in [2.05, 4.69) is 37.4 Å². The lowest BCUT2D eigenvalue weighted by Gasteiger charge is -2.27. The Labute approximate surface area is 170 Å². The quantitative estimate of drug-likeness (QED) is 0.807. The summed E-state index contributed by atoms with van der Waals surface area (Å²) in [4.78, 5) is 27.0. The van der Waals surface area contributed by atoms with Crippen molar-refractivity contribution < 1.29 is 14.3 Å². The van der Waals surface area contributed by atoms with Crippen LogP contribution in [0.2, 0.25) is 0 Å². The first kappa shape index (κ1) is 20.4. The SMILES string of the molecule is Cc1cc(C)cc(CSCC(=O)Nc2ccccc2C(=O)N2CCOCC2)c1. The summed E-state index contributed by atoms with van der Waals surface area (Å²) >= 11 is 1.57. The number of amides is 2. The van der Waals surface area contributed by atoms with Crippen molar-refractivity contribution in [1.82, 2.24) is 4.90 Å². The predicted molar refractivity (Wildman–Crippen MR) is 114 cm³/mol. The van der Waals surface area contributed by atoms with Crippen molar-refractivity contribution >= 4 is 29.3 Å². The fraction of sp³-hybridized carbons (Fsp3) is 0.364. The number of rotatable bonds is 6. The molecule has 1 saturated heterocycles. The van der Waals surface area contributed by atoms with E-state index < -0.39 is 0 Å². The Bertz CT molecular complexity index is 827. The molecule has 2 amide bonds. The van der Waals surface area contributed by atoms with Crippen LogP contribution in [-0.2, 0) is 15.3 Å². The Morgan fingerprint density at radius 3 is 2.46 bits per heavy atom. The maximum Gasteiger partial charge on any atom is 0.256 e. The van der Waals surface area contributed by atoms with Crippen molar-refractivity contribution in [2.75, 3.05) is 37.4 Å². The fourth-order valence-electron chi connectivity index (χ4n) is 3.32. The Balaban J connectivity index is 1.57. The van der Waals surface area contributed by atoms with Gasteiger partial charge in [0.15, 0.2) is 0 Å². The van der Waals surface area contributed by atoms with Gasteiger partial charge in [-0.1, -0.05) is 41.5 Å². The van der Waals surface area contributed by atoms with Gasteiger partial charge in [-0.25, -0.2) is 0 Å². The van der Waals surface area contributed by atoms with Gasteiger partial charge in [0.2, 0.25) is 5.91 Å². The molecule has 5 nitrogen and oxygen atoms in total. The number of ether oxygens (including phenoxy) is 1. The number of carbonyl (C=O) groups is 2. The van der Waals surface area contributed by atoms with Gasteiger partial charge in [0.05, 0.1) is 30.2 Å². The van der Waals surface area contributed by atoms with Gasteiger partial charge in [-0.15, -0.1) is 11.8 Å². The third-order valence-corrected chi connectivity index (χ3v) is 5.52. The molecule has 0 saturated carbocycles.